The summed E-state index contributed by atoms with van der Waals surface area (Å²) in [6, 6.07) is 32.3. The van der Waals surface area contributed by atoms with Gasteiger partial charge in [-0.3, -0.25) is 4.57 Å². The molecular weight excluding hydrogens is 401 g/mol. The Kier molecular flexibility index (Phi) is 7.82. The van der Waals surface area contributed by atoms with Crippen LogP contribution in [0.5, 0.6) is 0 Å². The lowest BCUT2D eigenvalue weighted by Crippen LogP contribution is -2.20. The number of rotatable bonds is 3. The standard InChI is InChI=1S/C18H15P.Cl3OP/c1-4-10-16(11-5-1)19(17-12-6-2-7-13-17)18-14-8-3-9-15-18;1-5(2,3)4/h1-15H;. The quantitative estimate of drug-likeness (QED) is 0.462. The Hall–Kier alpha value is -0.810. The molecule has 0 N–H and O–H groups in total. The fourth-order valence-corrected chi connectivity index (χ4v) is 4.48. The molecule has 0 aromatic heterocycles. The summed E-state index contributed by atoms with van der Waals surface area (Å²) in [7, 11) is -0.446. The summed E-state index contributed by atoms with van der Waals surface area (Å²) in [5.41, 5.74) is 0. The number of hydrogen-bond donors (Lipinski definition) is 0. The summed E-state index contributed by atoms with van der Waals surface area (Å²) < 4.78 is 9.51. The van der Waals surface area contributed by atoms with Crippen LogP contribution in [0.25, 0.3) is 0 Å². The van der Waals surface area contributed by atoms with Gasteiger partial charge in [-0.05, 0) is 57.6 Å². The van der Waals surface area contributed by atoms with Crippen LogP contribution in [-0.4, -0.2) is 0 Å². The molecule has 0 saturated heterocycles. The van der Waals surface area contributed by atoms with Crippen LogP contribution in [-0.2, 0) is 4.57 Å². The van der Waals surface area contributed by atoms with Gasteiger partial charge < -0.3 is 0 Å². The topological polar surface area (TPSA) is 17.1 Å². The van der Waals surface area contributed by atoms with E-state index in [-0.39, 0.29) is 0 Å². The van der Waals surface area contributed by atoms with Gasteiger partial charge in [-0.1, -0.05) is 91.0 Å². The number of hydrogen-bond acceptors (Lipinski definition) is 1. The van der Waals surface area contributed by atoms with Crippen molar-refractivity contribution in [1.82, 2.24) is 0 Å². The molecule has 0 heterocycles. The Labute approximate surface area is 158 Å². The third-order valence-corrected chi connectivity index (χ3v) is 5.49. The van der Waals surface area contributed by atoms with E-state index in [1.165, 1.54) is 15.9 Å². The zero-order valence-corrected chi connectivity index (χ0v) is 16.7. The molecule has 3 aromatic rings. The van der Waals surface area contributed by atoms with Gasteiger partial charge in [-0.25, -0.2) is 0 Å². The van der Waals surface area contributed by atoms with E-state index in [0.29, 0.717) is 0 Å². The molecule has 0 aliphatic rings. The highest BCUT2D eigenvalue weighted by Gasteiger charge is 2.14. The molecule has 0 amide bonds. The highest BCUT2D eigenvalue weighted by Crippen LogP contribution is 2.61. The number of benzene rings is 3. The summed E-state index contributed by atoms with van der Waals surface area (Å²) in [5, 5.41) is 0.972. The van der Waals surface area contributed by atoms with Crippen molar-refractivity contribution in [1.29, 1.82) is 0 Å². The number of halogens is 3. The summed E-state index contributed by atoms with van der Waals surface area (Å²) in [6.07, 6.45) is 0. The first-order valence-electron chi connectivity index (χ1n) is 7.09. The molecule has 0 fully saturated rings. The summed E-state index contributed by atoms with van der Waals surface area (Å²) in [5.74, 6) is 0. The van der Waals surface area contributed by atoms with Crippen LogP contribution in [0.15, 0.2) is 91.0 Å². The molecule has 3 rings (SSSR count). The first-order chi connectivity index (χ1) is 11.4. The maximum Gasteiger partial charge on any atom is 0.339 e. The van der Waals surface area contributed by atoms with Crippen molar-refractivity contribution < 1.29 is 4.57 Å². The van der Waals surface area contributed by atoms with Crippen molar-refractivity contribution in [2.24, 2.45) is 0 Å². The van der Waals surface area contributed by atoms with Crippen molar-refractivity contribution >= 4 is 62.8 Å². The van der Waals surface area contributed by atoms with E-state index in [2.05, 4.69) is 125 Å². The van der Waals surface area contributed by atoms with Crippen molar-refractivity contribution in [3.8, 4) is 0 Å². The summed E-state index contributed by atoms with van der Waals surface area (Å²) >= 11 is 13.8. The molecule has 0 aliphatic heterocycles. The zero-order valence-electron chi connectivity index (χ0n) is 12.6. The van der Waals surface area contributed by atoms with Gasteiger partial charge in [0.1, 0.15) is 0 Å². The molecule has 0 atom stereocenters. The van der Waals surface area contributed by atoms with Gasteiger partial charge >= 0.3 is 5.20 Å². The van der Waals surface area contributed by atoms with E-state index in [1.807, 2.05) is 0 Å². The van der Waals surface area contributed by atoms with Gasteiger partial charge in [-0.15, -0.1) is 0 Å². The minimum Gasteiger partial charge on any atom is -0.271 e. The Morgan fingerprint density at radius 2 is 0.750 bits per heavy atom. The second kappa shape index (κ2) is 9.62. The van der Waals surface area contributed by atoms with Gasteiger partial charge in [0.15, 0.2) is 0 Å². The Morgan fingerprint density at radius 3 is 0.958 bits per heavy atom. The highest BCUT2D eigenvalue weighted by atomic mass is 36.0. The van der Waals surface area contributed by atoms with Crippen molar-refractivity contribution in [3.05, 3.63) is 91.0 Å². The highest BCUT2D eigenvalue weighted by molar-refractivity contribution is 8.24. The second-order valence-electron chi connectivity index (χ2n) is 4.74. The molecule has 6 heteroatoms. The van der Waals surface area contributed by atoms with E-state index < -0.39 is 13.1 Å². The van der Waals surface area contributed by atoms with Crippen LogP contribution in [0.1, 0.15) is 0 Å². The molecule has 0 bridgehead atoms. The fourth-order valence-electron chi connectivity index (χ4n) is 2.18. The lowest BCUT2D eigenvalue weighted by Gasteiger charge is -2.18. The summed E-state index contributed by atoms with van der Waals surface area (Å²) in [6.45, 7) is 0. The van der Waals surface area contributed by atoms with Crippen LogP contribution in [0.2, 0.25) is 0 Å². The lowest BCUT2D eigenvalue weighted by molar-refractivity contribution is 0.600. The minimum absolute atomic E-state index is 0.446. The minimum atomic E-state index is -3.22. The molecule has 0 unspecified atom stereocenters. The smallest absolute Gasteiger partial charge is 0.271 e. The predicted octanol–water partition coefficient (Wildman–Crippen LogP) is 6.26. The molecule has 0 saturated carbocycles. The summed E-state index contributed by atoms with van der Waals surface area (Å²) in [4.78, 5) is 0. The molecular formula is C18H15Cl3OP2. The van der Waals surface area contributed by atoms with Gasteiger partial charge in [0, 0.05) is 0 Å². The average molecular weight is 416 g/mol. The van der Waals surface area contributed by atoms with Gasteiger partial charge in [0.25, 0.3) is 0 Å². The molecule has 124 valence electrons. The second-order valence-corrected chi connectivity index (χ2v) is 13.6. The Bertz CT molecular complexity index is 675. The first kappa shape index (κ1) is 19.5. The first-order valence-corrected chi connectivity index (χ1v) is 12.9. The largest absolute Gasteiger partial charge is 0.339 e. The van der Waals surface area contributed by atoms with Crippen molar-refractivity contribution in [2.45, 2.75) is 0 Å². The molecule has 0 radical (unpaired) electrons. The van der Waals surface area contributed by atoms with Gasteiger partial charge in [-0.2, -0.15) is 0 Å². The van der Waals surface area contributed by atoms with Crippen LogP contribution in [0.4, 0.5) is 0 Å². The molecule has 0 aliphatic carbocycles. The Morgan fingerprint density at radius 1 is 0.542 bits per heavy atom. The predicted molar refractivity (Wildman–Crippen MR) is 110 cm³/mol. The van der Waals surface area contributed by atoms with Crippen LogP contribution in [0.3, 0.4) is 0 Å². The molecule has 1 nitrogen and oxygen atoms in total. The molecule has 24 heavy (non-hydrogen) atoms. The van der Waals surface area contributed by atoms with E-state index in [1.54, 1.807) is 0 Å². The normalized spacial score (nSPS) is 10.8. The third-order valence-electron chi connectivity index (χ3n) is 3.04. The van der Waals surface area contributed by atoms with E-state index in [4.69, 9.17) is 0 Å². The van der Waals surface area contributed by atoms with Crippen molar-refractivity contribution in [3.63, 3.8) is 0 Å². The zero-order chi connectivity index (χ0) is 17.4. The maximum atomic E-state index is 9.51. The van der Waals surface area contributed by atoms with Crippen molar-refractivity contribution in [2.75, 3.05) is 0 Å². The van der Waals surface area contributed by atoms with Crippen LogP contribution in [0, 0.1) is 0 Å². The Balaban J connectivity index is 0.000000368. The van der Waals surface area contributed by atoms with E-state index in [0.717, 1.165) is 0 Å². The SMILES string of the molecule is O=P(Cl)(Cl)Cl.c1ccc(P(c2ccccc2)c2ccccc2)cc1. The van der Waals surface area contributed by atoms with E-state index in [9.17, 15) is 4.57 Å². The monoisotopic (exact) mass is 414 g/mol. The molecule has 0 spiro atoms. The fraction of sp³-hybridized carbons (Fsp3) is 0. The van der Waals surface area contributed by atoms with E-state index >= 15 is 0 Å². The molecule has 3 aromatic carbocycles. The van der Waals surface area contributed by atoms with Crippen LogP contribution < -0.4 is 15.9 Å². The van der Waals surface area contributed by atoms with Gasteiger partial charge in [0.2, 0.25) is 0 Å². The van der Waals surface area contributed by atoms with Gasteiger partial charge in [0.05, 0.1) is 0 Å². The maximum absolute atomic E-state index is 9.51. The third kappa shape index (κ3) is 6.98. The lowest BCUT2D eigenvalue weighted by atomic mass is 10.4. The average Bonchev–Trinajstić information content (AvgIpc) is 2.57. The van der Waals surface area contributed by atoms with Crippen LogP contribution >= 0.6 is 46.8 Å².